The highest BCUT2D eigenvalue weighted by molar-refractivity contribution is 6.09. The maximum absolute atomic E-state index is 13.4. The summed E-state index contributed by atoms with van der Waals surface area (Å²) < 4.78 is 32.0. The Bertz CT molecular complexity index is 904. The molecule has 1 fully saturated rings. The van der Waals surface area contributed by atoms with Crippen molar-refractivity contribution in [3.63, 3.8) is 0 Å². The van der Waals surface area contributed by atoms with Gasteiger partial charge in [-0.05, 0) is 31.5 Å². The first-order valence-electron chi connectivity index (χ1n) is 8.14. The number of amides is 2. The average Bonchev–Trinajstić information content (AvgIpc) is 3.14. The van der Waals surface area contributed by atoms with E-state index in [2.05, 4.69) is 5.32 Å². The first-order chi connectivity index (χ1) is 12.8. The number of carboxylic acids is 1. The van der Waals surface area contributed by atoms with E-state index in [4.69, 9.17) is 9.52 Å². The highest BCUT2D eigenvalue weighted by Crippen LogP contribution is 2.27. The second-order valence-electron chi connectivity index (χ2n) is 6.16. The van der Waals surface area contributed by atoms with Crippen LogP contribution in [0, 0.1) is 24.5 Å². The molecule has 1 aliphatic rings. The Kier molecular flexibility index (Phi) is 4.93. The topological polar surface area (TPSA) is 99.9 Å². The lowest BCUT2D eigenvalue weighted by Crippen LogP contribution is -2.36. The van der Waals surface area contributed by atoms with Gasteiger partial charge in [-0.25, -0.2) is 13.6 Å². The van der Waals surface area contributed by atoms with Crippen molar-refractivity contribution in [1.82, 2.24) is 5.32 Å². The first kappa shape index (κ1) is 18.6. The number of carbonyl (C=O) groups is 3. The molecule has 1 aromatic heterocycles. The van der Waals surface area contributed by atoms with Crippen molar-refractivity contribution >= 4 is 23.5 Å². The van der Waals surface area contributed by atoms with Crippen molar-refractivity contribution in [2.75, 3.05) is 11.4 Å². The molecule has 0 saturated carbocycles. The molecule has 0 unspecified atom stereocenters. The summed E-state index contributed by atoms with van der Waals surface area (Å²) in [5, 5.41) is 11.5. The number of carboxylic acid groups (broad SMARTS) is 1. The van der Waals surface area contributed by atoms with Crippen LogP contribution in [0.4, 0.5) is 14.5 Å². The summed E-state index contributed by atoms with van der Waals surface area (Å²) in [7, 11) is 0. The van der Waals surface area contributed by atoms with Crippen LogP contribution < -0.4 is 10.2 Å². The summed E-state index contributed by atoms with van der Waals surface area (Å²) >= 11 is 0. The molecule has 3 rings (SSSR count). The van der Waals surface area contributed by atoms with Crippen LogP contribution in [0.2, 0.25) is 0 Å². The summed E-state index contributed by atoms with van der Waals surface area (Å²) in [5.74, 6) is -4.43. The zero-order valence-electron chi connectivity index (χ0n) is 14.3. The fourth-order valence-corrected chi connectivity index (χ4v) is 3.02. The van der Waals surface area contributed by atoms with Gasteiger partial charge in [0.15, 0.2) is 0 Å². The smallest absolute Gasteiger partial charge is 0.339 e. The van der Waals surface area contributed by atoms with Crippen molar-refractivity contribution < 1.29 is 32.7 Å². The Morgan fingerprint density at radius 3 is 2.52 bits per heavy atom. The number of halogens is 2. The van der Waals surface area contributed by atoms with E-state index < -0.39 is 35.3 Å². The molecule has 9 heteroatoms. The molecular weight excluding hydrogens is 362 g/mol. The van der Waals surface area contributed by atoms with Crippen LogP contribution in [0.1, 0.15) is 28.3 Å². The second-order valence-corrected chi connectivity index (χ2v) is 6.16. The Hall–Kier alpha value is -3.23. The number of aromatic carboxylic acids is 1. The Labute approximate surface area is 152 Å². The Morgan fingerprint density at radius 1 is 1.26 bits per heavy atom. The number of hydrogen-bond acceptors (Lipinski definition) is 4. The number of nitrogens with one attached hydrogen (secondary N) is 1. The van der Waals surface area contributed by atoms with E-state index in [1.165, 1.54) is 13.0 Å². The minimum absolute atomic E-state index is 0.00417. The standard InChI is InChI=1S/C18H16F2N2O5/c1-9-15(18(25)26)7-13(27-9)8-21-16(23)14-2-3-22(17(14)24)12-5-10(19)4-11(20)6-12/h4-7,14H,2-3,8H2,1H3,(H,21,23)(H,25,26)/t14-/m1/s1. The summed E-state index contributed by atoms with van der Waals surface area (Å²) in [6.07, 6.45) is 0.195. The number of rotatable bonds is 5. The molecule has 27 heavy (non-hydrogen) atoms. The van der Waals surface area contributed by atoms with Crippen molar-refractivity contribution in [2.24, 2.45) is 5.92 Å². The maximum Gasteiger partial charge on any atom is 0.339 e. The molecule has 1 atom stereocenters. The van der Waals surface area contributed by atoms with Gasteiger partial charge in [-0.2, -0.15) is 0 Å². The lowest BCUT2D eigenvalue weighted by Gasteiger charge is -2.17. The predicted octanol–water partition coefficient (Wildman–Crippen LogP) is 2.23. The number of anilines is 1. The van der Waals surface area contributed by atoms with E-state index in [0.29, 0.717) is 6.07 Å². The van der Waals surface area contributed by atoms with E-state index in [9.17, 15) is 23.2 Å². The van der Waals surface area contributed by atoms with Gasteiger partial charge in [0.25, 0.3) is 0 Å². The number of nitrogens with zero attached hydrogens (tertiary/aromatic N) is 1. The van der Waals surface area contributed by atoms with Crippen LogP contribution in [-0.2, 0) is 16.1 Å². The SMILES string of the molecule is Cc1oc(CNC(=O)[C@H]2CCN(c3cc(F)cc(F)c3)C2=O)cc1C(=O)O. The lowest BCUT2D eigenvalue weighted by atomic mass is 10.1. The van der Waals surface area contributed by atoms with E-state index in [1.54, 1.807) is 0 Å². The molecule has 2 amide bonds. The molecule has 0 radical (unpaired) electrons. The number of furan rings is 1. The van der Waals surface area contributed by atoms with Gasteiger partial charge in [-0.1, -0.05) is 0 Å². The quantitative estimate of drug-likeness (QED) is 0.778. The van der Waals surface area contributed by atoms with E-state index >= 15 is 0 Å². The largest absolute Gasteiger partial charge is 0.478 e. The molecular formula is C18H16F2N2O5. The summed E-state index contributed by atoms with van der Waals surface area (Å²) in [6, 6.07) is 4.06. The van der Waals surface area contributed by atoms with Crippen molar-refractivity contribution in [3.8, 4) is 0 Å². The van der Waals surface area contributed by atoms with Gasteiger partial charge in [0.2, 0.25) is 11.8 Å². The normalized spacial score (nSPS) is 16.6. The highest BCUT2D eigenvalue weighted by Gasteiger charge is 2.37. The minimum atomic E-state index is -1.14. The summed E-state index contributed by atoms with van der Waals surface area (Å²) in [5.41, 5.74) is 0.0519. The van der Waals surface area contributed by atoms with Gasteiger partial charge < -0.3 is 19.7 Å². The van der Waals surface area contributed by atoms with E-state index in [0.717, 1.165) is 17.0 Å². The third-order valence-electron chi connectivity index (χ3n) is 4.32. The Balaban J connectivity index is 1.65. The van der Waals surface area contributed by atoms with Gasteiger partial charge in [0.05, 0.1) is 6.54 Å². The van der Waals surface area contributed by atoms with Gasteiger partial charge in [0.1, 0.15) is 34.6 Å². The van der Waals surface area contributed by atoms with Crippen molar-refractivity contribution in [2.45, 2.75) is 19.9 Å². The number of carbonyl (C=O) groups excluding carboxylic acids is 2. The van der Waals surface area contributed by atoms with Crippen LogP contribution >= 0.6 is 0 Å². The van der Waals surface area contributed by atoms with Crippen molar-refractivity contribution in [3.05, 3.63) is 53.0 Å². The molecule has 2 aromatic rings. The van der Waals surface area contributed by atoms with Gasteiger partial charge in [-0.15, -0.1) is 0 Å². The second kappa shape index (κ2) is 7.18. The maximum atomic E-state index is 13.4. The van der Waals surface area contributed by atoms with Gasteiger partial charge in [0, 0.05) is 18.3 Å². The molecule has 1 aliphatic heterocycles. The zero-order valence-corrected chi connectivity index (χ0v) is 14.3. The molecule has 2 heterocycles. The fraction of sp³-hybridized carbons (Fsp3) is 0.278. The fourth-order valence-electron chi connectivity index (χ4n) is 3.02. The molecule has 0 spiro atoms. The minimum Gasteiger partial charge on any atom is -0.478 e. The van der Waals surface area contributed by atoms with Crippen molar-refractivity contribution in [1.29, 1.82) is 0 Å². The third-order valence-corrected chi connectivity index (χ3v) is 4.32. The third kappa shape index (κ3) is 3.81. The molecule has 0 aliphatic carbocycles. The molecule has 7 nitrogen and oxygen atoms in total. The molecule has 142 valence electrons. The highest BCUT2D eigenvalue weighted by atomic mass is 19.1. The monoisotopic (exact) mass is 378 g/mol. The lowest BCUT2D eigenvalue weighted by molar-refractivity contribution is -0.132. The number of benzene rings is 1. The van der Waals surface area contributed by atoms with Gasteiger partial charge >= 0.3 is 5.97 Å². The number of hydrogen-bond donors (Lipinski definition) is 2. The summed E-state index contributed by atoms with van der Waals surface area (Å²) in [4.78, 5) is 36.9. The van der Waals surface area contributed by atoms with Crippen LogP contribution in [-0.4, -0.2) is 29.4 Å². The van der Waals surface area contributed by atoms with Crippen LogP contribution in [0.25, 0.3) is 0 Å². The van der Waals surface area contributed by atoms with E-state index in [1.807, 2.05) is 0 Å². The molecule has 2 N–H and O–H groups in total. The van der Waals surface area contributed by atoms with Crippen LogP contribution in [0.15, 0.2) is 28.7 Å². The van der Waals surface area contributed by atoms with Crippen LogP contribution in [0.3, 0.4) is 0 Å². The predicted molar refractivity (Wildman–Crippen MR) is 89.1 cm³/mol. The number of aryl methyl sites for hydroxylation is 1. The van der Waals surface area contributed by atoms with Gasteiger partial charge in [-0.3, -0.25) is 9.59 Å². The zero-order chi connectivity index (χ0) is 19.7. The van der Waals surface area contributed by atoms with Crippen LogP contribution in [0.5, 0.6) is 0 Å². The molecule has 1 saturated heterocycles. The van der Waals surface area contributed by atoms with E-state index in [-0.39, 0.29) is 42.3 Å². The molecule has 0 bridgehead atoms. The Morgan fingerprint density at radius 2 is 1.93 bits per heavy atom. The summed E-state index contributed by atoms with van der Waals surface area (Å²) in [6.45, 7) is 1.57. The average molecular weight is 378 g/mol. The first-order valence-corrected chi connectivity index (χ1v) is 8.14. The molecule has 1 aromatic carbocycles.